The molecule has 1 aromatic carbocycles. The molecule has 1 atom stereocenters. The zero-order chi connectivity index (χ0) is 10.5. The van der Waals surface area contributed by atoms with E-state index in [1.54, 1.807) is 0 Å². The minimum Gasteiger partial charge on any atom is -0.329 e. The Morgan fingerprint density at radius 1 is 1.27 bits per heavy atom. The zero-order valence-electron chi connectivity index (χ0n) is 8.93. The number of nitrogens with two attached hydrogens (primary N) is 1. The predicted octanol–water partition coefficient (Wildman–Crippen LogP) is 1.71. The fraction of sp³-hybridized carbons (Fsp3) is 0.500. The van der Waals surface area contributed by atoms with Gasteiger partial charge in [0.25, 0.3) is 0 Å². The van der Waals surface area contributed by atoms with Gasteiger partial charge in [0.2, 0.25) is 0 Å². The molecule has 0 aliphatic carbocycles. The molecule has 1 aromatic rings. The van der Waals surface area contributed by atoms with Crippen LogP contribution in [0.15, 0.2) is 30.3 Å². The van der Waals surface area contributed by atoms with Crippen LogP contribution in [-0.2, 0) is 4.84 Å². The normalized spacial score (nSPS) is 20.1. The van der Waals surface area contributed by atoms with Crippen molar-refractivity contribution in [2.75, 3.05) is 19.7 Å². The van der Waals surface area contributed by atoms with Crippen LogP contribution in [0, 0.1) is 0 Å². The molecule has 15 heavy (non-hydrogen) atoms. The Morgan fingerprint density at radius 3 is 2.67 bits per heavy atom. The van der Waals surface area contributed by atoms with Crippen LogP contribution >= 0.6 is 0 Å². The first-order chi connectivity index (χ1) is 7.42. The molecule has 1 fully saturated rings. The molecule has 0 saturated carbocycles. The number of benzene rings is 1. The molecule has 1 aliphatic rings. The quantitative estimate of drug-likeness (QED) is 0.818. The summed E-state index contributed by atoms with van der Waals surface area (Å²) in [6.45, 7) is 2.41. The Kier molecular flexibility index (Phi) is 3.72. The smallest absolute Gasteiger partial charge is 0.0724 e. The van der Waals surface area contributed by atoms with Gasteiger partial charge in [0, 0.05) is 13.1 Å². The lowest BCUT2D eigenvalue weighted by atomic mass is 10.1. The average Bonchev–Trinajstić information content (AvgIpc) is 2.33. The molecule has 3 heteroatoms. The summed E-state index contributed by atoms with van der Waals surface area (Å²) in [5, 5.41) is 2.03. The SMILES string of the molecule is NCC(c1ccccc1)N1CCCCO1. The average molecular weight is 206 g/mol. The van der Waals surface area contributed by atoms with Crippen molar-refractivity contribution >= 4 is 0 Å². The van der Waals surface area contributed by atoms with Crippen LogP contribution < -0.4 is 5.73 Å². The first kappa shape index (κ1) is 10.6. The van der Waals surface area contributed by atoms with Crippen LogP contribution in [0.3, 0.4) is 0 Å². The van der Waals surface area contributed by atoms with Crippen molar-refractivity contribution in [3.63, 3.8) is 0 Å². The van der Waals surface area contributed by atoms with Crippen LogP contribution in [0.2, 0.25) is 0 Å². The largest absolute Gasteiger partial charge is 0.329 e. The lowest BCUT2D eigenvalue weighted by Crippen LogP contribution is -2.37. The van der Waals surface area contributed by atoms with Gasteiger partial charge in [-0.25, -0.2) is 0 Å². The third kappa shape index (κ3) is 2.56. The molecule has 1 aliphatic heterocycles. The summed E-state index contributed by atoms with van der Waals surface area (Å²) in [5.74, 6) is 0. The highest BCUT2D eigenvalue weighted by Crippen LogP contribution is 2.22. The Hall–Kier alpha value is -0.900. The Morgan fingerprint density at radius 2 is 2.07 bits per heavy atom. The van der Waals surface area contributed by atoms with Crippen molar-refractivity contribution in [3.8, 4) is 0 Å². The molecule has 1 unspecified atom stereocenters. The molecule has 2 N–H and O–H groups in total. The van der Waals surface area contributed by atoms with E-state index in [0.29, 0.717) is 6.54 Å². The fourth-order valence-corrected chi connectivity index (χ4v) is 1.96. The molecular weight excluding hydrogens is 188 g/mol. The second kappa shape index (κ2) is 5.26. The van der Waals surface area contributed by atoms with Crippen molar-refractivity contribution in [2.24, 2.45) is 5.73 Å². The second-order valence-corrected chi connectivity index (χ2v) is 3.84. The van der Waals surface area contributed by atoms with E-state index in [2.05, 4.69) is 12.1 Å². The molecule has 0 aromatic heterocycles. The van der Waals surface area contributed by atoms with E-state index in [0.717, 1.165) is 19.6 Å². The third-order valence-electron chi connectivity index (χ3n) is 2.79. The van der Waals surface area contributed by atoms with Gasteiger partial charge in [0.05, 0.1) is 12.6 Å². The van der Waals surface area contributed by atoms with Crippen LogP contribution in [-0.4, -0.2) is 24.8 Å². The molecular formula is C12H18N2O. The van der Waals surface area contributed by atoms with E-state index < -0.39 is 0 Å². The van der Waals surface area contributed by atoms with Crippen molar-refractivity contribution < 1.29 is 4.84 Å². The van der Waals surface area contributed by atoms with Gasteiger partial charge in [-0.2, -0.15) is 5.06 Å². The van der Waals surface area contributed by atoms with Gasteiger partial charge in [-0.3, -0.25) is 4.84 Å². The highest BCUT2D eigenvalue weighted by atomic mass is 16.7. The first-order valence-corrected chi connectivity index (χ1v) is 5.56. The van der Waals surface area contributed by atoms with E-state index in [1.807, 2.05) is 23.3 Å². The summed E-state index contributed by atoms with van der Waals surface area (Å²) in [6.07, 6.45) is 2.35. The van der Waals surface area contributed by atoms with E-state index in [-0.39, 0.29) is 6.04 Å². The highest BCUT2D eigenvalue weighted by molar-refractivity contribution is 5.19. The van der Waals surface area contributed by atoms with Crippen LogP contribution in [0.5, 0.6) is 0 Å². The Bertz CT molecular complexity index is 283. The summed E-state index contributed by atoms with van der Waals surface area (Å²) in [5.41, 5.74) is 7.05. The van der Waals surface area contributed by atoms with Crippen LogP contribution in [0.1, 0.15) is 24.4 Å². The predicted molar refractivity (Wildman–Crippen MR) is 60.1 cm³/mol. The zero-order valence-corrected chi connectivity index (χ0v) is 8.93. The van der Waals surface area contributed by atoms with E-state index >= 15 is 0 Å². The lowest BCUT2D eigenvalue weighted by molar-refractivity contribution is -0.206. The first-order valence-electron chi connectivity index (χ1n) is 5.56. The molecule has 0 amide bonds. The van der Waals surface area contributed by atoms with Gasteiger partial charge in [-0.15, -0.1) is 0 Å². The Labute approximate surface area is 90.8 Å². The van der Waals surface area contributed by atoms with E-state index in [4.69, 9.17) is 10.6 Å². The van der Waals surface area contributed by atoms with Crippen molar-refractivity contribution in [2.45, 2.75) is 18.9 Å². The molecule has 0 spiro atoms. The molecule has 1 saturated heterocycles. The van der Waals surface area contributed by atoms with Crippen LogP contribution in [0.4, 0.5) is 0 Å². The maximum Gasteiger partial charge on any atom is 0.0724 e. The van der Waals surface area contributed by atoms with Gasteiger partial charge in [-0.05, 0) is 18.4 Å². The number of hydrogen-bond acceptors (Lipinski definition) is 3. The molecule has 2 rings (SSSR count). The fourth-order valence-electron chi connectivity index (χ4n) is 1.96. The second-order valence-electron chi connectivity index (χ2n) is 3.84. The standard InChI is InChI=1S/C12H18N2O/c13-10-12(11-6-2-1-3-7-11)14-8-4-5-9-15-14/h1-3,6-7,12H,4-5,8-10,13H2. The number of nitrogens with zero attached hydrogens (tertiary/aromatic N) is 1. The van der Waals surface area contributed by atoms with Gasteiger partial charge >= 0.3 is 0 Å². The maximum atomic E-state index is 5.81. The minimum absolute atomic E-state index is 0.200. The molecule has 3 nitrogen and oxygen atoms in total. The third-order valence-corrected chi connectivity index (χ3v) is 2.79. The summed E-state index contributed by atoms with van der Waals surface area (Å²) < 4.78 is 0. The van der Waals surface area contributed by atoms with Crippen LogP contribution in [0.25, 0.3) is 0 Å². The topological polar surface area (TPSA) is 38.5 Å². The summed E-state index contributed by atoms with van der Waals surface area (Å²) in [4.78, 5) is 5.64. The van der Waals surface area contributed by atoms with Crippen molar-refractivity contribution in [3.05, 3.63) is 35.9 Å². The van der Waals surface area contributed by atoms with E-state index in [1.165, 1.54) is 12.0 Å². The lowest BCUT2D eigenvalue weighted by Gasteiger charge is -2.33. The van der Waals surface area contributed by atoms with Gasteiger partial charge < -0.3 is 5.73 Å². The van der Waals surface area contributed by atoms with E-state index in [9.17, 15) is 0 Å². The molecule has 0 bridgehead atoms. The maximum absolute atomic E-state index is 5.81. The molecule has 0 radical (unpaired) electrons. The number of rotatable bonds is 3. The van der Waals surface area contributed by atoms with Crippen molar-refractivity contribution in [1.29, 1.82) is 0 Å². The van der Waals surface area contributed by atoms with Gasteiger partial charge in [0.15, 0.2) is 0 Å². The Balaban J connectivity index is 2.09. The highest BCUT2D eigenvalue weighted by Gasteiger charge is 2.21. The number of hydrogen-bond donors (Lipinski definition) is 1. The summed E-state index contributed by atoms with van der Waals surface area (Å²) in [7, 11) is 0. The summed E-state index contributed by atoms with van der Waals surface area (Å²) in [6, 6.07) is 10.5. The van der Waals surface area contributed by atoms with Gasteiger partial charge in [-0.1, -0.05) is 30.3 Å². The minimum atomic E-state index is 0.200. The van der Waals surface area contributed by atoms with Crippen molar-refractivity contribution in [1.82, 2.24) is 5.06 Å². The monoisotopic (exact) mass is 206 g/mol. The molecule has 82 valence electrons. The van der Waals surface area contributed by atoms with Gasteiger partial charge in [0.1, 0.15) is 0 Å². The molecule has 1 heterocycles. The summed E-state index contributed by atoms with van der Waals surface area (Å²) >= 11 is 0. The number of hydroxylamine groups is 2.